The van der Waals surface area contributed by atoms with Crippen molar-refractivity contribution in [1.82, 2.24) is 0 Å². The highest BCUT2D eigenvalue weighted by molar-refractivity contribution is 6.01. The quantitative estimate of drug-likeness (QED) is 0.700. The number of anilines is 1. The molecule has 0 N–H and O–H groups in total. The van der Waals surface area contributed by atoms with Crippen LogP contribution in [0, 0.1) is 0 Å². The van der Waals surface area contributed by atoms with Crippen molar-refractivity contribution in [2.45, 2.75) is 13.0 Å². The zero-order valence-electron chi connectivity index (χ0n) is 12.8. The van der Waals surface area contributed by atoms with Gasteiger partial charge in [0.15, 0.2) is 0 Å². The molecule has 2 nitrogen and oxygen atoms in total. The van der Waals surface area contributed by atoms with Gasteiger partial charge in [-0.3, -0.25) is 4.79 Å². The van der Waals surface area contributed by atoms with Crippen molar-refractivity contribution in [3.05, 3.63) is 90.0 Å². The van der Waals surface area contributed by atoms with E-state index in [0.29, 0.717) is 13.0 Å². The molecule has 0 saturated heterocycles. The maximum absolute atomic E-state index is 12.4. The molecule has 1 heterocycles. The number of benzene rings is 3. The monoisotopic (exact) mass is 299 g/mol. The number of para-hydroxylation sites is 1. The standard InChI is InChI=1S/C21H17NO/c23-21-14-17-10-5-7-13-20(17)22(21)15-18-11-4-6-12-19(18)16-8-2-1-3-9-16/h1-13H,14-15H2. The van der Waals surface area contributed by atoms with Gasteiger partial charge in [0.1, 0.15) is 0 Å². The topological polar surface area (TPSA) is 20.3 Å². The number of hydrogen-bond acceptors (Lipinski definition) is 1. The molecular formula is C21H17NO. The highest BCUT2D eigenvalue weighted by Crippen LogP contribution is 2.32. The molecule has 0 spiro atoms. The summed E-state index contributed by atoms with van der Waals surface area (Å²) in [4.78, 5) is 14.3. The van der Waals surface area contributed by atoms with Crippen LogP contribution in [0.25, 0.3) is 11.1 Å². The molecule has 0 aromatic heterocycles. The molecular weight excluding hydrogens is 282 g/mol. The van der Waals surface area contributed by atoms with Gasteiger partial charge in [-0.05, 0) is 28.3 Å². The Kier molecular flexibility index (Phi) is 3.43. The molecule has 0 radical (unpaired) electrons. The fourth-order valence-electron chi connectivity index (χ4n) is 3.22. The van der Waals surface area contributed by atoms with Gasteiger partial charge in [0, 0.05) is 5.69 Å². The minimum absolute atomic E-state index is 0.175. The minimum Gasteiger partial charge on any atom is -0.307 e. The number of rotatable bonds is 3. The van der Waals surface area contributed by atoms with Crippen LogP contribution in [0.2, 0.25) is 0 Å². The zero-order chi connectivity index (χ0) is 15.6. The first-order valence-electron chi connectivity index (χ1n) is 7.84. The third kappa shape index (κ3) is 2.53. The van der Waals surface area contributed by atoms with Crippen LogP contribution in [0.4, 0.5) is 5.69 Å². The van der Waals surface area contributed by atoms with E-state index in [-0.39, 0.29) is 5.91 Å². The highest BCUT2D eigenvalue weighted by atomic mass is 16.2. The summed E-state index contributed by atoms with van der Waals surface area (Å²) < 4.78 is 0. The lowest BCUT2D eigenvalue weighted by molar-refractivity contribution is -0.117. The molecule has 3 aromatic rings. The number of hydrogen-bond donors (Lipinski definition) is 0. The van der Waals surface area contributed by atoms with E-state index < -0.39 is 0 Å². The molecule has 0 bridgehead atoms. The average Bonchev–Trinajstić information content (AvgIpc) is 2.92. The predicted molar refractivity (Wildman–Crippen MR) is 93.2 cm³/mol. The Labute approximate surface area is 136 Å². The van der Waals surface area contributed by atoms with E-state index in [0.717, 1.165) is 11.3 Å². The Morgan fingerprint density at radius 1 is 0.783 bits per heavy atom. The molecule has 0 fully saturated rings. The summed E-state index contributed by atoms with van der Waals surface area (Å²) in [5.41, 5.74) is 5.70. The van der Waals surface area contributed by atoms with Crippen molar-refractivity contribution in [1.29, 1.82) is 0 Å². The SMILES string of the molecule is O=C1Cc2ccccc2N1Cc1ccccc1-c1ccccc1. The molecule has 4 rings (SSSR count). The van der Waals surface area contributed by atoms with E-state index in [2.05, 4.69) is 24.3 Å². The van der Waals surface area contributed by atoms with Gasteiger partial charge in [-0.1, -0.05) is 72.8 Å². The van der Waals surface area contributed by atoms with Gasteiger partial charge in [0.2, 0.25) is 5.91 Å². The fourth-order valence-corrected chi connectivity index (χ4v) is 3.22. The van der Waals surface area contributed by atoms with E-state index in [1.165, 1.54) is 16.7 Å². The second-order valence-corrected chi connectivity index (χ2v) is 5.81. The van der Waals surface area contributed by atoms with Crippen LogP contribution in [-0.4, -0.2) is 5.91 Å². The molecule has 0 aliphatic carbocycles. The third-order valence-corrected chi connectivity index (χ3v) is 4.36. The zero-order valence-corrected chi connectivity index (χ0v) is 12.8. The number of carbonyl (C=O) groups is 1. The smallest absolute Gasteiger partial charge is 0.231 e. The number of nitrogens with zero attached hydrogens (tertiary/aromatic N) is 1. The first-order chi connectivity index (χ1) is 11.3. The Morgan fingerprint density at radius 3 is 2.35 bits per heavy atom. The van der Waals surface area contributed by atoms with Gasteiger partial charge in [-0.2, -0.15) is 0 Å². The first kappa shape index (κ1) is 13.8. The Bertz CT molecular complexity index is 854. The molecule has 1 amide bonds. The van der Waals surface area contributed by atoms with Crippen molar-refractivity contribution in [2.75, 3.05) is 4.90 Å². The lowest BCUT2D eigenvalue weighted by atomic mass is 9.99. The van der Waals surface area contributed by atoms with E-state index in [1.807, 2.05) is 59.5 Å². The second-order valence-electron chi connectivity index (χ2n) is 5.81. The van der Waals surface area contributed by atoms with Crippen molar-refractivity contribution in [3.8, 4) is 11.1 Å². The molecule has 0 atom stereocenters. The van der Waals surface area contributed by atoms with Gasteiger partial charge in [0.05, 0.1) is 13.0 Å². The van der Waals surface area contributed by atoms with Crippen molar-refractivity contribution in [2.24, 2.45) is 0 Å². The van der Waals surface area contributed by atoms with Gasteiger partial charge < -0.3 is 4.90 Å². The van der Waals surface area contributed by atoms with Gasteiger partial charge in [-0.25, -0.2) is 0 Å². The van der Waals surface area contributed by atoms with Crippen LogP contribution < -0.4 is 4.90 Å². The second kappa shape index (κ2) is 5.73. The summed E-state index contributed by atoms with van der Waals surface area (Å²) in [6, 6.07) is 26.7. The molecule has 0 unspecified atom stereocenters. The molecule has 2 heteroatoms. The van der Waals surface area contributed by atoms with E-state index in [9.17, 15) is 4.79 Å². The van der Waals surface area contributed by atoms with Gasteiger partial charge in [-0.15, -0.1) is 0 Å². The minimum atomic E-state index is 0.175. The molecule has 1 aliphatic heterocycles. The van der Waals surface area contributed by atoms with Crippen LogP contribution in [0.3, 0.4) is 0 Å². The lowest BCUT2D eigenvalue weighted by Crippen LogP contribution is -2.26. The molecule has 112 valence electrons. The fraction of sp³-hybridized carbons (Fsp3) is 0.0952. The van der Waals surface area contributed by atoms with Crippen molar-refractivity contribution < 1.29 is 4.79 Å². The summed E-state index contributed by atoms with van der Waals surface area (Å²) in [5.74, 6) is 0.175. The third-order valence-electron chi connectivity index (χ3n) is 4.36. The number of fused-ring (bicyclic) bond motifs is 1. The molecule has 0 saturated carbocycles. The summed E-state index contributed by atoms with van der Waals surface area (Å²) in [7, 11) is 0. The molecule has 3 aromatic carbocycles. The van der Waals surface area contributed by atoms with Gasteiger partial charge in [0.25, 0.3) is 0 Å². The van der Waals surface area contributed by atoms with Crippen molar-refractivity contribution in [3.63, 3.8) is 0 Å². The van der Waals surface area contributed by atoms with E-state index >= 15 is 0 Å². The average molecular weight is 299 g/mol. The van der Waals surface area contributed by atoms with Gasteiger partial charge >= 0.3 is 0 Å². The van der Waals surface area contributed by atoms with Crippen LogP contribution in [0.15, 0.2) is 78.9 Å². The Hall–Kier alpha value is -2.87. The molecule has 23 heavy (non-hydrogen) atoms. The maximum atomic E-state index is 12.4. The first-order valence-corrected chi connectivity index (χ1v) is 7.84. The highest BCUT2D eigenvalue weighted by Gasteiger charge is 2.27. The summed E-state index contributed by atoms with van der Waals surface area (Å²) in [5, 5.41) is 0. The Morgan fingerprint density at radius 2 is 1.48 bits per heavy atom. The van der Waals surface area contributed by atoms with E-state index in [4.69, 9.17) is 0 Å². The number of amides is 1. The summed E-state index contributed by atoms with van der Waals surface area (Å²) >= 11 is 0. The van der Waals surface area contributed by atoms with E-state index in [1.54, 1.807) is 0 Å². The van der Waals surface area contributed by atoms with Crippen LogP contribution in [0.5, 0.6) is 0 Å². The lowest BCUT2D eigenvalue weighted by Gasteiger charge is -2.20. The normalized spacial score (nSPS) is 13.2. The maximum Gasteiger partial charge on any atom is 0.231 e. The number of carbonyl (C=O) groups excluding carboxylic acids is 1. The van der Waals surface area contributed by atoms with Crippen LogP contribution in [-0.2, 0) is 17.8 Å². The van der Waals surface area contributed by atoms with Crippen molar-refractivity contribution >= 4 is 11.6 Å². The predicted octanol–water partition coefficient (Wildman–Crippen LogP) is 4.44. The van der Waals surface area contributed by atoms with Crippen LogP contribution >= 0.6 is 0 Å². The molecule has 1 aliphatic rings. The summed E-state index contributed by atoms with van der Waals surface area (Å²) in [6.45, 7) is 0.612. The van der Waals surface area contributed by atoms with Crippen LogP contribution in [0.1, 0.15) is 11.1 Å². The largest absolute Gasteiger partial charge is 0.307 e. The Balaban J connectivity index is 1.72. The summed E-state index contributed by atoms with van der Waals surface area (Å²) in [6.07, 6.45) is 0.504.